The molecule has 0 aliphatic carbocycles. The molecular weight excluding hydrogens is 252 g/mol. The van der Waals surface area contributed by atoms with Gasteiger partial charge in [0.1, 0.15) is 0 Å². The Morgan fingerprint density at radius 3 is 2.67 bits per heavy atom. The lowest BCUT2D eigenvalue weighted by atomic mass is 10.2. The molecule has 0 spiro atoms. The first-order valence-corrected chi connectivity index (χ1v) is 6.51. The summed E-state index contributed by atoms with van der Waals surface area (Å²) in [5.74, 6) is -1.04. The number of hydrogen-bond donors (Lipinski definition) is 2. The molecule has 18 heavy (non-hydrogen) atoms. The number of benzene rings is 1. The third kappa shape index (κ3) is 5.09. The van der Waals surface area contributed by atoms with Crippen molar-refractivity contribution in [1.29, 1.82) is 0 Å². The molecule has 5 nitrogen and oxygen atoms in total. The van der Waals surface area contributed by atoms with Crippen LogP contribution in [-0.4, -0.2) is 42.6 Å². The highest BCUT2D eigenvalue weighted by Crippen LogP contribution is 2.17. The van der Waals surface area contributed by atoms with E-state index in [1.807, 2.05) is 37.2 Å². The van der Waals surface area contributed by atoms with Gasteiger partial charge in [-0.2, -0.15) is 0 Å². The molecule has 0 aliphatic rings. The Balaban J connectivity index is 2.49. The first-order valence-electron chi connectivity index (χ1n) is 5.36. The molecule has 2 N–H and O–H groups in total. The van der Waals surface area contributed by atoms with E-state index in [1.165, 1.54) is 0 Å². The normalized spacial score (nSPS) is 9.89. The molecular formula is C12H16N2O3S. The molecule has 0 fully saturated rings. The van der Waals surface area contributed by atoms with E-state index in [-0.39, 0.29) is 17.4 Å². The van der Waals surface area contributed by atoms with Gasteiger partial charge in [-0.15, -0.1) is 11.8 Å². The van der Waals surface area contributed by atoms with E-state index >= 15 is 0 Å². The number of rotatable bonds is 6. The van der Waals surface area contributed by atoms with Crippen molar-refractivity contribution >= 4 is 35.0 Å². The molecule has 98 valence electrons. The van der Waals surface area contributed by atoms with Crippen LogP contribution in [-0.2, 0) is 9.59 Å². The first kappa shape index (κ1) is 14.4. The number of anilines is 2. The molecule has 0 atom stereocenters. The monoisotopic (exact) mass is 268 g/mol. The Morgan fingerprint density at radius 2 is 2.06 bits per heavy atom. The maximum absolute atomic E-state index is 11.5. The van der Waals surface area contributed by atoms with Crippen LogP contribution in [0.5, 0.6) is 0 Å². The van der Waals surface area contributed by atoms with Gasteiger partial charge in [0.25, 0.3) is 0 Å². The fourth-order valence-electron chi connectivity index (χ4n) is 1.29. The average Bonchev–Trinajstić information content (AvgIpc) is 2.28. The first-order chi connectivity index (χ1) is 8.49. The average molecular weight is 268 g/mol. The predicted octanol–water partition coefficient (Wildman–Crippen LogP) is 1.51. The second-order valence-electron chi connectivity index (χ2n) is 3.88. The Bertz CT molecular complexity index is 435. The van der Waals surface area contributed by atoms with Gasteiger partial charge in [-0.05, 0) is 18.2 Å². The van der Waals surface area contributed by atoms with E-state index < -0.39 is 5.97 Å². The number of thioether (sulfide) groups is 1. The minimum Gasteiger partial charge on any atom is -0.481 e. The molecule has 1 amide bonds. The zero-order valence-corrected chi connectivity index (χ0v) is 11.2. The van der Waals surface area contributed by atoms with E-state index in [2.05, 4.69) is 5.32 Å². The van der Waals surface area contributed by atoms with Crippen LogP contribution in [0.15, 0.2) is 24.3 Å². The van der Waals surface area contributed by atoms with Crippen molar-refractivity contribution < 1.29 is 14.7 Å². The Labute approximate surface area is 110 Å². The zero-order chi connectivity index (χ0) is 13.5. The zero-order valence-electron chi connectivity index (χ0n) is 10.3. The number of hydrogen-bond acceptors (Lipinski definition) is 4. The molecule has 1 aromatic rings. The number of nitrogens with zero attached hydrogens (tertiary/aromatic N) is 1. The molecule has 0 saturated heterocycles. The lowest BCUT2D eigenvalue weighted by Crippen LogP contribution is -2.16. The van der Waals surface area contributed by atoms with Crippen LogP contribution in [0.3, 0.4) is 0 Å². The molecule has 0 bridgehead atoms. The summed E-state index contributed by atoms with van der Waals surface area (Å²) in [7, 11) is 3.84. The van der Waals surface area contributed by atoms with Gasteiger partial charge >= 0.3 is 5.97 Å². The summed E-state index contributed by atoms with van der Waals surface area (Å²) in [6.45, 7) is 0. The Kier molecular flexibility index (Phi) is 5.51. The Hall–Kier alpha value is -1.69. The lowest BCUT2D eigenvalue weighted by molar-refractivity contribution is -0.133. The maximum Gasteiger partial charge on any atom is 0.313 e. The highest BCUT2D eigenvalue weighted by molar-refractivity contribution is 8.00. The van der Waals surface area contributed by atoms with Crippen molar-refractivity contribution in [3.63, 3.8) is 0 Å². The molecule has 0 aliphatic heterocycles. The van der Waals surface area contributed by atoms with Crippen LogP contribution in [0.2, 0.25) is 0 Å². The lowest BCUT2D eigenvalue weighted by Gasteiger charge is -2.13. The highest BCUT2D eigenvalue weighted by atomic mass is 32.2. The van der Waals surface area contributed by atoms with Crippen molar-refractivity contribution in [2.45, 2.75) is 0 Å². The molecule has 6 heteroatoms. The van der Waals surface area contributed by atoms with Crippen LogP contribution in [0.4, 0.5) is 11.4 Å². The van der Waals surface area contributed by atoms with Gasteiger partial charge in [0.05, 0.1) is 11.5 Å². The summed E-state index contributed by atoms with van der Waals surface area (Å²) in [6.07, 6.45) is 0. The standard InChI is InChI=1S/C12H16N2O3S/c1-14(2)10-5-3-4-9(6-10)13-11(15)7-18-8-12(16)17/h3-6H,7-8H2,1-2H3,(H,13,15)(H,16,17). The highest BCUT2D eigenvalue weighted by Gasteiger charge is 2.05. The molecule has 0 radical (unpaired) electrons. The van der Waals surface area contributed by atoms with E-state index in [0.717, 1.165) is 17.4 Å². The minimum atomic E-state index is -0.914. The molecule has 0 aromatic heterocycles. The van der Waals surface area contributed by atoms with Crippen LogP contribution in [0, 0.1) is 0 Å². The molecule has 1 aromatic carbocycles. The van der Waals surface area contributed by atoms with Crippen molar-refractivity contribution in [1.82, 2.24) is 0 Å². The fraction of sp³-hybridized carbons (Fsp3) is 0.333. The third-order valence-electron chi connectivity index (χ3n) is 2.11. The van der Waals surface area contributed by atoms with Gasteiger partial charge in [0.2, 0.25) is 5.91 Å². The number of carbonyl (C=O) groups excluding carboxylic acids is 1. The number of aliphatic carboxylic acids is 1. The van der Waals surface area contributed by atoms with Gasteiger partial charge in [-0.1, -0.05) is 6.07 Å². The molecule has 0 saturated carbocycles. The van der Waals surface area contributed by atoms with E-state index in [0.29, 0.717) is 5.69 Å². The third-order valence-corrected chi connectivity index (χ3v) is 3.02. The second kappa shape index (κ2) is 6.90. The topological polar surface area (TPSA) is 69.6 Å². The largest absolute Gasteiger partial charge is 0.481 e. The smallest absolute Gasteiger partial charge is 0.313 e. The van der Waals surface area contributed by atoms with Crippen LogP contribution in [0.1, 0.15) is 0 Å². The summed E-state index contributed by atoms with van der Waals surface area (Å²) in [4.78, 5) is 23.8. The number of carbonyl (C=O) groups is 2. The van der Waals surface area contributed by atoms with Crippen LogP contribution >= 0.6 is 11.8 Å². The number of carboxylic acid groups (broad SMARTS) is 1. The summed E-state index contributed by atoms with van der Waals surface area (Å²) in [5, 5.41) is 11.2. The number of carboxylic acids is 1. The van der Waals surface area contributed by atoms with Gasteiger partial charge < -0.3 is 15.3 Å². The van der Waals surface area contributed by atoms with Gasteiger partial charge in [0.15, 0.2) is 0 Å². The SMILES string of the molecule is CN(C)c1cccc(NC(=O)CSCC(=O)O)c1. The second-order valence-corrected chi connectivity index (χ2v) is 4.87. The molecule has 0 unspecified atom stereocenters. The van der Waals surface area contributed by atoms with E-state index in [9.17, 15) is 9.59 Å². The van der Waals surface area contributed by atoms with Gasteiger partial charge in [-0.3, -0.25) is 9.59 Å². The predicted molar refractivity (Wildman–Crippen MR) is 74.4 cm³/mol. The number of nitrogens with one attached hydrogen (secondary N) is 1. The fourth-order valence-corrected chi connectivity index (χ4v) is 1.82. The van der Waals surface area contributed by atoms with Crippen molar-refractivity contribution in [3.05, 3.63) is 24.3 Å². The Morgan fingerprint density at radius 1 is 1.33 bits per heavy atom. The summed E-state index contributed by atoms with van der Waals surface area (Å²) < 4.78 is 0. The van der Waals surface area contributed by atoms with Crippen LogP contribution < -0.4 is 10.2 Å². The number of amides is 1. The van der Waals surface area contributed by atoms with Crippen molar-refractivity contribution in [2.75, 3.05) is 35.8 Å². The van der Waals surface area contributed by atoms with Gasteiger partial charge in [0, 0.05) is 25.5 Å². The quantitative estimate of drug-likeness (QED) is 0.818. The summed E-state index contributed by atoms with van der Waals surface area (Å²) in [6, 6.07) is 7.46. The maximum atomic E-state index is 11.5. The molecule has 0 heterocycles. The van der Waals surface area contributed by atoms with E-state index in [4.69, 9.17) is 5.11 Å². The van der Waals surface area contributed by atoms with Crippen LogP contribution in [0.25, 0.3) is 0 Å². The van der Waals surface area contributed by atoms with Crippen molar-refractivity contribution in [2.24, 2.45) is 0 Å². The van der Waals surface area contributed by atoms with Crippen molar-refractivity contribution in [3.8, 4) is 0 Å². The van der Waals surface area contributed by atoms with E-state index in [1.54, 1.807) is 6.07 Å². The summed E-state index contributed by atoms with van der Waals surface area (Å²) in [5.41, 5.74) is 1.70. The minimum absolute atomic E-state index is 0.0643. The van der Waals surface area contributed by atoms with Gasteiger partial charge in [-0.25, -0.2) is 0 Å². The summed E-state index contributed by atoms with van der Waals surface area (Å²) >= 11 is 1.08. The molecule has 1 rings (SSSR count).